The van der Waals surface area contributed by atoms with Crippen LogP contribution in [0.4, 0.5) is 8.78 Å². The van der Waals surface area contributed by atoms with Crippen LogP contribution in [0.2, 0.25) is 0 Å². The second-order valence-electron chi connectivity index (χ2n) is 9.19. The molecule has 4 heteroatoms. The Kier molecular flexibility index (Phi) is 4.91. The van der Waals surface area contributed by atoms with E-state index in [0.29, 0.717) is 24.8 Å². The van der Waals surface area contributed by atoms with Crippen molar-refractivity contribution in [2.45, 2.75) is 70.1 Å². The zero-order valence-corrected chi connectivity index (χ0v) is 17.8. The Morgan fingerprint density at radius 2 is 1.84 bits per heavy atom. The molecule has 0 amide bonds. The van der Waals surface area contributed by atoms with Crippen molar-refractivity contribution in [3.05, 3.63) is 69.8 Å². The van der Waals surface area contributed by atoms with Crippen molar-refractivity contribution in [2.24, 2.45) is 0 Å². The Morgan fingerprint density at radius 1 is 1.03 bits per heavy atom. The number of rotatable bonds is 4. The molecule has 0 spiro atoms. The van der Waals surface area contributed by atoms with Crippen LogP contribution in [0.15, 0.2) is 42.0 Å². The molecule has 0 radical (unpaired) electrons. The Labute approximate surface area is 181 Å². The average molecular weight is 420 g/mol. The molecule has 0 saturated heterocycles. The minimum Gasteiger partial charge on any atom is -0.295 e. The highest BCUT2D eigenvalue weighted by Crippen LogP contribution is 2.51. The van der Waals surface area contributed by atoms with E-state index in [9.17, 15) is 18.4 Å². The number of alkyl halides is 2. The molecule has 31 heavy (non-hydrogen) atoms. The Morgan fingerprint density at radius 3 is 2.65 bits per heavy atom. The van der Waals surface area contributed by atoms with Crippen molar-refractivity contribution < 1.29 is 18.4 Å². The van der Waals surface area contributed by atoms with Gasteiger partial charge in [0.15, 0.2) is 11.6 Å². The summed E-state index contributed by atoms with van der Waals surface area (Å²) < 4.78 is 27.5. The van der Waals surface area contributed by atoms with E-state index in [1.807, 2.05) is 24.3 Å². The fourth-order valence-corrected chi connectivity index (χ4v) is 5.56. The number of carbonyl (C=O) groups excluding carboxylic acids is 2. The van der Waals surface area contributed by atoms with Crippen molar-refractivity contribution >= 4 is 11.6 Å². The van der Waals surface area contributed by atoms with E-state index >= 15 is 0 Å². The van der Waals surface area contributed by atoms with E-state index in [0.717, 1.165) is 47.1 Å². The number of Topliss-reactive ketones (excluding diaryl/α,β-unsaturated/α-hetero) is 2. The molecule has 1 atom stereocenters. The molecular formula is C27H26F2O2. The standard InChI is InChI=1S/C27H26F2O2/c1-16(30)18-5-7-20-19(6-4-17-3-2-13-27(28,29)14-12-17)22-9-8-21-23(10-11-25(21)31)26(22)24(20)15-18/h3,5,7-9,15,19H,2,4,6,10-14H2,1H3. The predicted octanol–water partition coefficient (Wildman–Crippen LogP) is 7.05. The fourth-order valence-electron chi connectivity index (χ4n) is 5.56. The molecule has 3 aliphatic carbocycles. The summed E-state index contributed by atoms with van der Waals surface area (Å²) in [5, 5.41) is 0. The lowest BCUT2D eigenvalue weighted by atomic mass is 9.88. The molecule has 0 bridgehead atoms. The smallest absolute Gasteiger partial charge is 0.248 e. The molecule has 3 aliphatic rings. The number of hydrogen-bond acceptors (Lipinski definition) is 2. The average Bonchev–Trinajstić information content (AvgIpc) is 3.20. The van der Waals surface area contributed by atoms with Crippen molar-refractivity contribution in [1.82, 2.24) is 0 Å². The van der Waals surface area contributed by atoms with Crippen LogP contribution < -0.4 is 0 Å². The summed E-state index contributed by atoms with van der Waals surface area (Å²) in [4.78, 5) is 24.3. The summed E-state index contributed by atoms with van der Waals surface area (Å²) in [5.74, 6) is -2.17. The summed E-state index contributed by atoms with van der Waals surface area (Å²) in [5.41, 5.74) is 8.34. The number of carbonyl (C=O) groups is 2. The van der Waals surface area contributed by atoms with Gasteiger partial charge in [-0.15, -0.1) is 0 Å². The molecule has 5 rings (SSSR count). The molecule has 0 saturated carbocycles. The number of hydrogen-bond donors (Lipinski definition) is 0. The van der Waals surface area contributed by atoms with Crippen molar-refractivity contribution in [3.8, 4) is 11.1 Å². The third-order valence-electron chi connectivity index (χ3n) is 7.24. The van der Waals surface area contributed by atoms with Gasteiger partial charge in [0, 0.05) is 36.3 Å². The topological polar surface area (TPSA) is 34.1 Å². The van der Waals surface area contributed by atoms with Crippen molar-refractivity contribution in [2.75, 3.05) is 0 Å². The monoisotopic (exact) mass is 420 g/mol. The first-order valence-electron chi connectivity index (χ1n) is 11.2. The molecule has 0 aromatic heterocycles. The maximum atomic E-state index is 13.7. The van der Waals surface area contributed by atoms with Crippen LogP contribution in [0.25, 0.3) is 11.1 Å². The summed E-state index contributed by atoms with van der Waals surface area (Å²) >= 11 is 0. The second-order valence-corrected chi connectivity index (χ2v) is 9.19. The molecule has 160 valence electrons. The normalized spacial score (nSPS) is 21.2. The van der Waals surface area contributed by atoms with Crippen LogP contribution >= 0.6 is 0 Å². The largest absolute Gasteiger partial charge is 0.295 e. The van der Waals surface area contributed by atoms with E-state index in [1.54, 1.807) is 6.92 Å². The third-order valence-corrected chi connectivity index (χ3v) is 7.24. The lowest BCUT2D eigenvalue weighted by molar-refractivity contribution is -0.0129. The van der Waals surface area contributed by atoms with E-state index in [2.05, 4.69) is 12.1 Å². The van der Waals surface area contributed by atoms with Crippen LogP contribution in [0.3, 0.4) is 0 Å². The van der Waals surface area contributed by atoms with Gasteiger partial charge in [0.05, 0.1) is 0 Å². The minimum absolute atomic E-state index is 0.0287. The fraction of sp³-hybridized carbons (Fsp3) is 0.407. The molecular weight excluding hydrogens is 394 g/mol. The second kappa shape index (κ2) is 7.51. The first-order valence-corrected chi connectivity index (χ1v) is 11.2. The van der Waals surface area contributed by atoms with Gasteiger partial charge in [0.1, 0.15) is 0 Å². The third kappa shape index (κ3) is 3.56. The van der Waals surface area contributed by atoms with Crippen molar-refractivity contribution in [3.63, 3.8) is 0 Å². The van der Waals surface area contributed by atoms with Gasteiger partial charge in [-0.1, -0.05) is 35.9 Å². The SMILES string of the molecule is CC(=O)c1ccc2c(c1)-c1c(ccc3c1CCC3=O)C2CCC1=CCCC(F)(F)CC1. The van der Waals surface area contributed by atoms with Crippen LogP contribution in [-0.4, -0.2) is 17.5 Å². The first kappa shape index (κ1) is 20.3. The van der Waals surface area contributed by atoms with E-state index in [4.69, 9.17) is 0 Å². The number of ketones is 2. The molecule has 2 aromatic rings. The summed E-state index contributed by atoms with van der Waals surface area (Å²) in [6, 6.07) is 9.95. The Bertz CT molecular complexity index is 1130. The zero-order chi connectivity index (χ0) is 21.8. The summed E-state index contributed by atoms with van der Waals surface area (Å²) in [6.07, 6.45) is 5.73. The van der Waals surface area contributed by atoms with Crippen molar-refractivity contribution in [1.29, 1.82) is 0 Å². The minimum atomic E-state index is -2.55. The quantitative estimate of drug-likeness (QED) is 0.392. The van der Waals surface area contributed by atoms with Gasteiger partial charge in [-0.05, 0) is 72.9 Å². The predicted molar refractivity (Wildman–Crippen MR) is 117 cm³/mol. The van der Waals surface area contributed by atoms with Crippen LogP contribution in [0.1, 0.15) is 95.2 Å². The Balaban J connectivity index is 1.51. The van der Waals surface area contributed by atoms with Gasteiger partial charge < -0.3 is 0 Å². The Hall–Kier alpha value is -2.62. The summed E-state index contributed by atoms with van der Waals surface area (Å²) in [6.45, 7) is 1.57. The lowest BCUT2D eigenvalue weighted by Gasteiger charge is -2.16. The van der Waals surface area contributed by atoms with E-state index in [1.165, 1.54) is 11.1 Å². The van der Waals surface area contributed by atoms with E-state index < -0.39 is 5.92 Å². The molecule has 0 heterocycles. The molecule has 0 fully saturated rings. The molecule has 0 aliphatic heterocycles. The van der Waals surface area contributed by atoms with Gasteiger partial charge in [-0.2, -0.15) is 0 Å². The maximum Gasteiger partial charge on any atom is 0.248 e. The highest BCUT2D eigenvalue weighted by molar-refractivity contribution is 6.04. The number of benzene rings is 2. The van der Waals surface area contributed by atoms with Gasteiger partial charge in [0.2, 0.25) is 5.92 Å². The number of fused-ring (bicyclic) bond motifs is 5. The zero-order valence-electron chi connectivity index (χ0n) is 17.8. The van der Waals surface area contributed by atoms with Crippen LogP contribution in [0, 0.1) is 0 Å². The van der Waals surface area contributed by atoms with E-state index in [-0.39, 0.29) is 30.3 Å². The van der Waals surface area contributed by atoms with Gasteiger partial charge >= 0.3 is 0 Å². The number of halogens is 2. The molecule has 2 nitrogen and oxygen atoms in total. The highest BCUT2D eigenvalue weighted by atomic mass is 19.3. The summed E-state index contributed by atoms with van der Waals surface area (Å²) in [7, 11) is 0. The lowest BCUT2D eigenvalue weighted by Crippen LogP contribution is -2.13. The van der Waals surface area contributed by atoms with Gasteiger partial charge in [0.25, 0.3) is 0 Å². The number of allylic oxidation sites excluding steroid dienone is 2. The van der Waals surface area contributed by atoms with Gasteiger partial charge in [-0.25, -0.2) is 8.78 Å². The molecule has 0 N–H and O–H groups in total. The van der Waals surface area contributed by atoms with Gasteiger partial charge in [-0.3, -0.25) is 9.59 Å². The molecule has 2 aromatic carbocycles. The first-order chi connectivity index (χ1) is 14.8. The highest BCUT2D eigenvalue weighted by Gasteiger charge is 2.35. The van der Waals surface area contributed by atoms with Crippen LogP contribution in [0.5, 0.6) is 0 Å². The van der Waals surface area contributed by atoms with Crippen LogP contribution in [-0.2, 0) is 6.42 Å². The molecule has 1 unspecified atom stereocenters. The maximum absolute atomic E-state index is 13.7.